The summed E-state index contributed by atoms with van der Waals surface area (Å²) in [6.45, 7) is 0.343. The normalized spacial score (nSPS) is 12.6. The first-order valence-electron chi connectivity index (χ1n) is 8.45. The first kappa shape index (κ1) is 17.4. The fourth-order valence-corrected chi connectivity index (χ4v) is 3.68. The average molecular weight is 381 g/mol. The van der Waals surface area contributed by atoms with Crippen LogP contribution in [0.5, 0.6) is 0 Å². The number of anilines is 1. The number of amides is 2. The van der Waals surface area contributed by atoms with Crippen LogP contribution in [-0.4, -0.2) is 16.8 Å². The van der Waals surface area contributed by atoms with Crippen molar-refractivity contribution in [3.05, 3.63) is 69.8 Å². The van der Waals surface area contributed by atoms with E-state index >= 15 is 0 Å². The minimum Gasteiger partial charge on any atom is -0.349 e. The molecule has 0 saturated carbocycles. The van der Waals surface area contributed by atoms with Gasteiger partial charge in [0.2, 0.25) is 11.8 Å². The summed E-state index contributed by atoms with van der Waals surface area (Å²) in [6.07, 6.45) is 0.587. The molecule has 0 saturated heterocycles. The maximum atomic E-state index is 12.9. The Morgan fingerprint density at radius 2 is 2.04 bits per heavy atom. The Kier molecular flexibility index (Phi) is 4.68. The zero-order valence-corrected chi connectivity index (χ0v) is 15.1. The van der Waals surface area contributed by atoms with Gasteiger partial charge in [0.05, 0.1) is 25.1 Å². The van der Waals surface area contributed by atoms with Crippen LogP contribution in [-0.2, 0) is 29.0 Å². The van der Waals surface area contributed by atoms with Crippen LogP contribution < -0.4 is 10.6 Å². The number of carbonyl (C=O) groups excluding carboxylic acids is 2. The Morgan fingerprint density at radius 3 is 2.85 bits per heavy atom. The molecule has 27 heavy (non-hydrogen) atoms. The molecule has 2 heterocycles. The van der Waals surface area contributed by atoms with E-state index in [9.17, 15) is 14.0 Å². The largest absolute Gasteiger partial charge is 0.349 e. The van der Waals surface area contributed by atoms with Gasteiger partial charge in [-0.25, -0.2) is 9.37 Å². The number of benzene rings is 2. The summed E-state index contributed by atoms with van der Waals surface area (Å²) in [5.41, 5.74) is 4.36. The molecule has 0 bridgehead atoms. The van der Waals surface area contributed by atoms with Gasteiger partial charge >= 0.3 is 0 Å². The number of halogens is 1. The Bertz CT molecular complexity index is 1010. The minimum absolute atomic E-state index is 0.00461. The Hall–Kier alpha value is -3.06. The number of rotatable bonds is 5. The molecular formula is C20H16FN3O2S. The number of carbonyl (C=O) groups is 2. The average Bonchev–Trinajstić information content (AvgIpc) is 3.26. The van der Waals surface area contributed by atoms with Crippen molar-refractivity contribution >= 4 is 28.8 Å². The van der Waals surface area contributed by atoms with E-state index in [4.69, 9.17) is 0 Å². The third kappa shape index (κ3) is 4.03. The molecule has 0 fully saturated rings. The van der Waals surface area contributed by atoms with Gasteiger partial charge in [-0.3, -0.25) is 9.59 Å². The van der Waals surface area contributed by atoms with Crippen LogP contribution in [0.1, 0.15) is 16.1 Å². The maximum absolute atomic E-state index is 12.9. The van der Waals surface area contributed by atoms with E-state index in [1.807, 2.05) is 23.6 Å². The molecule has 0 spiro atoms. The maximum Gasteiger partial charge on any atom is 0.228 e. The molecule has 1 aliphatic rings. The van der Waals surface area contributed by atoms with Gasteiger partial charge in [0.1, 0.15) is 10.8 Å². The van der Waals surface area contributed by atoms with Crippen molar-refractivity contribution in [3.63, 3.8) is 0 Å². The van der Waals surface area contributed by atoms with Crippen LogP contribution in [0.25, 0.3) is 11.3 Å². The number of thiazole rings is 1. The Labute approximate surface area is 159 Å². The van der Waals surface area contributed by atoms with Crippen LogP contribution >= 0.6 is 11.3 Å². The van der Waals surface area contributed by atoms with Gasteiger partial charge in [-0.1, -0.05) is 18.2 Å². The number of nitrogens with one attached hydrogen (secondary N) is 2. The van der Waals surface area contributed by atoms with Gasteiger partial charge in [0.15, 0.2) is 0 Å². The number of nitrogens with zero attached hydrogens (tertiary/aromatic N) is 1. The topological polar surface area (TPSA) is 71.1 Å². The molecule has 0 aliphatic carbocycles. The van der Waals surface area contributed by atoms with Gasteiger partial charge in [-0.05, 0) is 35.4 Å². The predicted octanol–water partition coefficient (Wildman–Crippen LogP) is 3.30. The van der Waals surface area contributed by atoms with Gasteiger partial charge in [-0.2, -0.15) is 0 Å². The summed E-state index contributed by atoms with van der Waals surface area (Å²) >= 11 is 1.47. The van der Waals surface area contributed by atoms with Crippen LogP contribution in [0.3, 0.4) is 0 Å². The summed E-state index contributed by atoms with van der Waals surface area (Å²) in [5, 5.41) is 8.38. The van der Waals surface area contributed by atoms with Gasteiger partial charge in [0, 0.05) is 16.6 Å². The smallest absolute Gasteiger partial charge is 0.228 e. The molecule has 2 amide bonds. The standard InChI is InChI=1S/C20H16FN3O2S/c21-15-4-1-12(2-5-15)7-18(25)22-10-20-24-17(11-27-20)13-3-6-16-14(8-13)9-19(26)23-16/h1-6,8,11H,7,9-10H2,(H,22,25)(H,23,26). The lowest BCUT2D eigenvalue weighted by molar-refractivity contribution is -0.120. The van der Waals surface area contributed by atoms with E-state index in [0.29, 0.717) is 13.0 Å². The fourth-order valence-electron chi connectivity index (χ4n) is 2.94. The Balaban J connectivity index is 1.37. The van der Waals surface area contributed by atoms with E-state index < -0.39 is 0 Å². The van der Waals surface area contributed by atoms with Gasteiger partial charge in [-0.15, -0.1) is 11.3 Å². The molecule has 4 rings (SSSR count). The van der Waals surface area contributed by atoms with Crippen LogP contribution in [0.2, 0.25) is 0 Å². The molecule has 2 N–H and O–H groups in total. The highest BCUT2D eigenvalue weighted by atomic mass is 32.1. The van der Waals surface area contributed by atoms with E-state index in [1.54, 1.807) is 12.1 Å². The van der Waals surface area contributed by atoms with E-state index in [0.717, 1.165) is 33.1 Å². The van der Waals surface area contributed by atoms with Crippen LogP contribution in [0.4, 0.5) is 10.1 Å². The third-order valence-electron chi connectivity index (χ3n) is 4.29. The second-order valence-electron chi connectivity index (χ2n) is 6.30. The zero-order chi connectivity index (χ0) is 18.8. The first-order valence-corrected chi connectivity index (χ1v) is 9.33. The second kappa shape index (κ2) is 7.28. The van der Waals surface area contributed by atoms with E-state index in [-0.39, 0.29) is 24.1 Å². The third-order valence-corrected chi connectivity index (χ3v) is 5.14. The first-order chi connectivity index (χ1) is 13.1. The van der Waals surface area contributed by atoms with Crippen molar-refractivity contribution in [1.29, 1.82) is 0 Å². The molecule has 5 nitrogen and oxygen atoms in total. The molecule has 0 radical (unpaired) electrons. The van der Waals surface area contributed by atoms with Gasteiger partial charge < -0.3 is 10.6 Å². The lowest BCUT2D eigenvalue weighted by Gasteiger charge is -2.04. The lowest BCUT2D eigenvalue weighted by atomic mass is 10.1. The van der Waals surface area contributed by atoms with E-state index in [2.05, 4.69) is 15.6 Å². The van der Waals surface area contributed by atoms with Crippen molar-refractivity contribution in [3.8, 4) is 11.3 Å². The van der Waals surface area contributed by atoms with Crippen LogP contribution in [0, 0.1) is 5.82 Å². The lowest BCUT2D eigenvalue weighted by Crippen LogP contribution is -2.24. The molecule has 2 aromatic carbocycles. The van der Waals surface area contributed by atoms with Crippen molar-refractivity contribution in [2.45, 2.75) is 19.4 Å². The molecule has 1 aliphatic heterocycles. The molecule has 0 atom stereocenters. The Morgan fingerprint density at radius 1 is 1.22 bits per heavy atom. The molecule has 7 heteroatoms. The summed E-state index contributed by atoms with van der Waals surface area (Å²) in [6, 6.07) is 11.7. The molecular weight excluding hydrogens is 365 g/mol. The number of aromatic nitrogens is 1. The van der Waals surface area contributed by atoms with Crippen molar-refractivity contribution in [2.75, 3.05) is 5.32 Å². The quantitative estimate of drug-likeness (QED) is 0.712. The SMILES string of the molecule is O=C(Cc1ccc(F)cc1)NCc1nc(-c2ccc3c(c2)CC(=O)N3)cs1. The highest BCUT2D eigenvalue weighted by Gasteiger charge is 2.18. The number of hydrogen-bond donors (Lipinski definition) is 2. The highest BCUT2D eigenvalue weighted by molar-refractivity contribution is 7.09. The number of hydrogen-bond acceptors (Lipinski definition) is 4. The summed E-state index contributed by atoms with van der Waals surface area (Å²) < 4.78 is 12.9. The minimum atomic E-state index is -0.318. The summed E-state index contributed by atoms with van der Waals surface area (Å²) in [5.74, 6) is -0.452. The van der Waals surface area contributed by atoms with E-state index in [1.165, 1.54) is 23.5 Å². The number of fused-ring (bicyclic) bond motifs is 1. The summed E-state index contributed by atoms with van der Waals surface area (Å²) in [7, 11) is 0. The highest BCUT2D eigenvalue weighted by Crippen LogP contribution is 2.29. The zero-order valence-electron chi connectivity index (χ0n) is 14.3. The molecule has 0 unspecified atom stereocenters. The van der Waals surface area contributed by atoms with Crippen molar-refractivity contribution < 1.29 is 14.0 Å². The monoisotopic (exact) mass is 381 g/mol. The predicted molar refractivity (Wildman–Crippen MR) is 102 cm³/mol. The fraction of sp³-hybridized carbons (Fsp3) is 0.150. The van der Waals surface area contributed by atoms with Crippen molar-refractivity contribution in [1.82, 2.24) is 10.3 Å². The van der Waals surface area contributed by atoms with Gasteiger partial charge in [0.25, 0.3) is 0 Å². The molecule has 3 aromatic rings. The second-order valence-corrected chi connectivity index (χ2v) is 7.25. The summed E-state index contributed by atoms with van der Waals surface area (Å²) in [4.78, 5) is 28.1. The van der Waals surface area contributed by atoms with Crippen molar-refractivity contribution in [2.24, 2.45) is 0 Å². The van der Waals surface area contributed by atoms with Crippen LogP contribution in [0.15, 0.2) is 47.8 Å². The molecule has 136 valence electrons. The molecule has 1 aromatic heterocycles.